The van der Waals surface area contributed by atoms with Crippen LogP contribution >= 0.6 is 0 Å². The number of hydrogen-bond acceptors (Lipinski definition) is 3. The van der Waals surface area contributed by atoms with Gasteiger partial charge in [0.2, 0.25) is 0 Å². The summed E-state index contributed by atoms with van der Waals surface area (Å²) in [5.41, 5.74) is 1.14. The van der Waals surface area contributed by atoms with Crippen molar-refractivity contribution in [3.8, 4) is 5.75 Å². The van der Waals surface area contributed by atoms with Crippen LogP contribution in [0.2, 0.25) is 0 Å². The molecule has 0 spiro atoms. The van der Waals surface area contributed by atoms with E-state index in [0.29, 0.717) is 16.7 Å². The summed E-state index contributed by atoms with van der Waals surface area (Å²) in [6, 6.07) is 5.18. The molecular formula is C11H7N3O3. The molecule has 2 amide bonds. The molecule has 0 aliphatic carbocycles. The van der Waals surface area contributed by atoms with Crippen LogP contribution in [-0.4, -0.2) is 23.9 Å². The molecule has 0 unspecified atom stereocenters. The standard InChI is InChI=1S/C11H7N3O3/c1-17-5-2-3-7-6(4-5)8-9(12-7)11(16)14-13-10(8)15/h2-4,12H,1H3. The third-order valence-electron chi connectivity index (χ3n) is 2.67. The Bertz CT molecular complexity index is 685. The number of ether oxygens (including phenoxy) is 1. The first-order chi connectivity index (χ1) is 8.20. The van der Waals surface area contributed by atoms with Crippen LogP contribution in [-0.2, 0) is 0 Å². The second kappa shape index (κ2) is 3.24. The van der Waals surface area contributed by atoms with Crippen LogP contribution in [0.3, 0.4) is 0 Å². The summed E-state index contributed by atoms with van der Waals surface area (Å²) in [5, 5.41) is 7.19. The number of methoxy groups -OCH3 is 1. The third-order valence-corrected chi connectivity index (χ3v) is 2.67. The second-order valence-electron chi connectivity index (χ2n) is 3.60. The van der Waals surface area contributed by atoms with Crippen molar-refractivity contribution in [1.82, 2.24) is 4.98 Å². The average Bonchev–Trinajstić information content (AvgIpc) is 2.73. The maximum Gasteiger partial charge on any atom is 0.312 e. The second-order valence-corrected chi connectivity index (χ2v) is 3.60. The van der Waals surface area contributed by atoms with Crippen LogP contribution in [0.4, 0.5) is 0 Å². The molecule has 84 valence electrons. The number of aromatic nitrogens is 1. The molecule has 0 atom stereocenters. The van der Waals surface area contributed by atoms with E-state index in [0.717, 1.165) is 0 Å². The monoisotopic (exact) mass is 229 g/mol. The molecule has 6 nitrogen and oxygen atoms in total. The zero-order valence-electron chi connectivity index (χ0n) is 8.85. The van der Waals surface area contributed by atoms with Gasteiger partial charge in [-0.25, -0.2) is 0 Å². The molecule has 0 saturated carbocycles. The maximum absolute atomic E-state index is 11.6. The van der Waals surface area contributed by atoms with Crippen LogP contribution < -0.4 is 4.74 Å². The van der Waals surface area contributed by atoms with Crippen molar-refractivity contribution in [3.63, 3.8) is 0 Å². The minimum Gasteiger partial charge on any atom is -0.497 e. The van der Waals surface area contributed by atoms with E-state index in [1.807, 2.05) is 0 Å². The number of carbonyl (C=O) groups is 2. The Hall–Kier alpha value is -2.50. The lowest BCUT2D eigenvalue weighted by molar-refractivity contribution is 0.0919. The van der Waals surface area contributed by atoms with Crippen molar-refractivity contribution in [2.75, 3.05) is 7.11 Å². The number of nitrogens with zero attached hydrogens (tertiary/aromatic N) is 2. The molecule has 6 heteroatoms. The summed E-state index contributed by atoms with van der Waals surface area (Å²) in [6.45, 7) is 0. The first-order valence-electron chi connectivity index (χ1n) is 4.91. The number of carbonyl (C=O) groups excluding carboxylic acids is 2. The molecule has 3 rings (SSSR count). The fourth-order valence-electron chi connectivity index (χ4n) is 1.87. The number of rotatable bonds is 1. The van der Waals surface area contributed by atoms with Crippen LogP contribution in [0.1, 0.15) is 20.8 Å². The van der Waals surface area contributed by atoms with Crippen molar-refractivity contribution in [1.29, 1.82) is 0 Å². The highest BCUT2D eigenvalue weighted by atomic mass is 16.5. The number of nitrogens with one attached hydrogen (secondary N) is 1. The summed E-state index contributed by atoms with van der Waals surface area (Å²) >= 11 is 0. The fourth-order valence-corrected chi connectivity index (χ4v) is 1.87. The summed E-state index contributed by atoms with van der Waals surface area (Å²) in [7, 11) is 1.53. The van der Waals surface area contributed by atoms with Gasteiger partial charge in [0.15, 0.2) is 0 Å². The van der Waals surface area contributed by atoms with Gasteiger partial charge in [-0.05, 0) is 18.2 Å². The normalized spacial score (nSPS) is 14.2. The first-order valence-corrected chi connectivity index (χ1v) is 4.91. The Morgan fingerprint density at radius 2 is 1.94 bits per heavy atom. The van der Waals surface area contributed by atoms with Crippen LogP contribution in [0, 0.1) is 0 Å². The Labute approximate surface area is 95.3 Å². The number of fused-ring (bicyclic) bond motifs is 3. The molecule has 0 fully saturated rings. The van der Waals surface area contributed by atoms with Gasteiger partial charge in [-0.2, -0.15) is 0 Å². The number of amides is 2. The third kappa shape index (κ3) is 1.27. The van der Waals surface area contributed by atoms with Gasteiger partial charge < -0.3 is 9.72 Å². The fraction of sp³-hybridized carbons (Fsp3) is 0.0909. The van der Waals surface area contributed by atoms with E-state index in [1.165, 1.54) is 7.11 Å². The van der Waals surface area contributed by atoms with Crippen molar-refractivity contribution in [2.24, 2.45) is 10.2 Å². The Morgan fingerprint density at radius 3 is 2.71 bits per heavy atom. The van der Waals surface area contributed by atoms with E-state index < -0.39 is 11.8 Å². The number of azo groups is 1. The zero-order valence-corrected chi connectivity index (χ0v) is 8.85. The van der Waals surface area contributed by atoms with Gasteiger partial charge in [0.05, 0.1) is 12.7 Å². The number of aromatic amines is 1. The van der Waals surface area contributed by atoms with E-state index in [-0.39, 0.29) is 11.3 Å². The van der Waals surface area contributed by atoms with Crippen molar-refractivity contribution in [3.05, 3.63) is 29.5 Å². The zero-order chi connectivity index (χ0) is 12.0. The minimum atomic E-state index is -0.533. The maximum atomic E-state index is 11.6. The predicted octanol–water partition coefficient (Wildman–Crippen LogP) is 1.92. The van der Waals surface area contributed by atoms with Crippen LogP contribution in [0.15, 0.2) is 28.4 Å². The highest BCUT2D eigenvalue weighted by molar-refractivity contribution is 6.18. The lowest BCUT2D eigenvalue weighted by Gasteiger charge is -2.01. The van der Waals surface area contributed by atoms with Crippen molar-refractivity contribution < 1.29 is 14.3 Å². The van der Waals surface area contributed by atoms with Crippen molar-refractivity contribution in [2.45, 2.75) is 0 Å². The Balaban J connectivity index is 2.38. The largest absolute Gasteiger partial charge is 0.497 e. The van der Waals surface area contributed by atoms with Gasteiger partial charge >= 0.3 is 5.91 Å². The number of H-pyrrole nitrogens is 1. The lowest BCUT2D eigenvalue weighted by atomic mass is 10.1. The molecule has 17 heavy (non-hydrogen) atoms. The average molecular weight is 229 g/mol. The van der Waals surface area contributed by atoms with Crippen LogP contribution in [0.5, 0.6) is 5.75 Å². The molecule has 0 bridgehead atoms. The molecule has 1 aliphatic rings. The number of hydrogen-bond donors (Lipinski definition) is 1. The molecule has 1 aliphatic heterocycles. The van der Waals surface area contributed by atoms with E-state index >= 15 is 0 Å². The summed E-state index contributed by atoms with van der Waals surface area (Å²) in [4.78, 5) is 26.0. The van der Waals surface area contributed by atoms with Gasteiger partial charge in [0.1, 0.15) is 11.4 Å². The van der Waals surface area contributed by atoms with E-state index in [1.54, 1.807) is 18.2 Å². The Morgan fingerprint density at radius 1 is 1.18 bits per heavy atom. The molecular weight excluding hydrogens is 222 g/mol. The molecule has 2 heterocycles. The molecule has 1 N–H and O–H groups in total. The molecule has 0 saturated heterocycles. The molecule has 2 aromatic rings. The Kier molecular flexibility index (Phi) is 1.85. The first kappa shape index (κ1) is 9.71. The molecule has 1 aromatic heterocycles. The van der Waals surface area contributed by atoms with Gasteiger partial charge in [0, 0.05) is 10.9 Å². The van der Waals surface area contributed by atoms with Crippen LogP contribution in [0.25, 0.3) is 10.9 Å². The number of benzene rings is 1. The lowest BCUT2D eigenvalue weighted by Crippen LogP contribution is -2.09. The van der Waals surface area contributed by atoms with E-state index in [9.17, 15) is 9.59 Å². The van der Waals surface area contributed by atoms with Gasteiger partial charge in [-0.15, -0.1) is 10.2 Å². The summed E-state index contributed by atoms with van der Waals surface area (Å²) in [6.07, 6.45) is 0. The van der Waals surface area contributed by atoms with E-state index in [4.69, 9.17) is 4.74 Å². The summed E-state index contributed by atoms with van der Waals surface area (Å²) in [5.74, 6) is -0.434. The van der Waals surface area contributed by atoms with Crippen molar-refractivity contribution >= 4 is 22.7 Å². The summed E-state index contributed by atoms with van der Waals surface area (Å²) < 4.78 is 5.08. The SMILES string of the molecule is COc1ccc2[nH]c3c(c2c1)C(=O)N=NC3=O. The topological polar surface area (TPSA) is 83.9 Å². The minimum absolute atomic E-state index is 0.188. The van der Waals surface area contributed by atoms with Gasteiger partial charge in [-0.3, -0.25) is 9.59 Å². The predicted molar refractivity (Wildman–Crippen MR) is 58.4 cm³/mol. The van der Waals surface area contributed by atoms with Gasteiger partial charge in [0.25, 0.3) is 5.91 Å². The highest BCUT2D eigenvalue weighted by Crippen LogP contribution is 2.29. The quantitative estimate of drug-likeness (QED) is 0.810. The smallest absolute Gasteiger partial charge is 0.312 e. The molecule has 0 radical (unpaired) electrons. The highest BCUT2D eigenvalue weighted by Gasteiger charge is 2.27. The molecule has 1 aromatic carbocycles. The van der Waals surface area contributed by atoms with Gasteiger partial charge in [-0.1, -0.05) is 0 Å². The van der Waals surface area contributed by atoms with E-state index in [2.05, 4.69) is 15.2 Å².